The fraction of sp³-hybridized carbons (Fsp3) is 0.971. The number of hydrogen-bond donors (Lipinski definition) is 4. The lowest BCUT2D eigenvalue weighted by molar-refractivity contribution is -0.125. The van der Waals surface area contributed by atoms with E-state index in [0.29, 0.717) is 23.2 Å². The number of aliphatic hydroxyl groups is 1. The van der Waals surface area contributed by atoms with Gasteiger partial charge in [0.2, 0.25) is 0 Å². The van der Waals surface area contributed by atoms with Crippen LogP contribution in [0.15, 0.2) is 0 Å². The van der Waals surface area contributed by atoms with Crippen LogP contribution in [0.3, 0.4) is 0 Å². The van der Waals surface area contributed by atoms with Gasteiger partial charge in [-0.2, -0.15) is 0 Å². The largest absolute Gasteiger partial charge is 0.396 e. The summed E-state index contributed by atoms with van der Waals surface area (Å²) >= 11 is 0. The van der Waals surface area contributed by atoms with Crippen LogP contribution in [0, 0.1) is 52.3 Å². The topological polar surface area (TPSA) is 87.4 Å². The second-order valence-corrected chi connectivity index (χ2v) is 15.0. The Bertz CT molecular complexity index is 776. The minimum atomic E-state index is -0.200. The molecule has 4 fully saturated rings. The van der Waals surface area contributed by atoms with Crippen LogP contribution in [-0.2, 0) is 4.79 Å². The molecule has 0 radical (unpaired) electrons. The molecular weight excluding hydrogens is 482 g/mol. The van der Waals surface area contributed by atoms with Gasteiger partial charge in [-0.05, 0) is 156 Å². The van der Waals surface area contributed by atoms with Crippen LogP contribution >= 0.6 is 0 Å². The van der Waals surface area contributed by atoms with Crippen LogP contribution in [0.4, 0.5) is 0 Å². The van der Waals surface area contributed by atoms with Gasteiger partial charge < -0.3 is 21.5 Å². The molecule has 0 aliphatic heterocycles. The molecule has 10 atom stereocenters. The molecule has 4 rings (SSSR count). The molecular formula is C34H63N3O2. The zero-order chi connectivity index (χ0) is 28.0. The van der Waals surface area contributed by atoms with E-state index in [1.807, 2.05) is 6.92 Å². The van der Waals surface area contributed by atoms with Crippen LogP contribution in [0.1, 0.15) is 118 Å². The van der Waals surface area contributed by atoms with Crippen LogP contribution in [0.5, 0.6) is 0 Å². The van der Waals surface area contributed by atoms with Crippen molar-refractivity contribution in [3.05, 3.63) is 0 Å². The predicted octanol–water partition coefficient (Wildman–Crippen LogP) is 5.94. The summed E-state index contributed by atoms with van der Waals surface area (Å²) in [6, 6.07) is 0.721. The number of aliphatic hydroxyl groups excluding tert-OH is 1. The number of carbonyl (C=O) groups is 1. The Balaban J connectivity index is 1.26. The van der Waals surface area contributed by atoms with Gasteiger partial charge in [-0.25, -0.2) is 0 Å². The standard InChI is InChI=1S/C34H63N3O2/c1-24(8-13-32(39)25(2)23-38)29-11-12-30-28-10-9-26-22-27(37-21-7-20-36-19-6-5-18-35)14-16-33(26,3)31(28)15-17-34(29,30)4/h24-31,36-38H,5-23,35H2,1-4H3/t24?,25?,26?,27-,28?,29?,30?,31?,33-,34+/m0/s1. The number of rotatable bonds is 15. The zero-order valence-corrected chi connectivity index (χ0v) is 26.0. The highest BCUT2D eigenvalue weighted by Gasteiger charge is 2.60. The number of hydrogen-bond acceptors (Lipinski definition) is 5. The van der Waals surface area contributed by atoms with Crippen LogP contribution in [0.25, 0.3) is 0 Å². The number of fused-ring (bicyclic) bond motifs is 5. The lowest BCUT2D eigenvalue weighted by Crippen LogP contribution is -2.55. The minimum absolute atomic E-state index is 0.0104. The normalized spacial score (nSPS) is 39.4. The van der Waals surface area contributed by atoms with Gasteiger partial charge in [0.05, 0.1) is 6.61 Å². The molecule has 39 heavy (non-hydrogen) atoms. The van der Waals surface area contributed by atoms with E-state index in [0.717, 1.165) is 74.7 Å². The Hall–Kier alpha value is -0.490. The molecule has 0 aromatic rings. The van der Waals surface area contributed by atoms with E-state index < -0.39 is 0 Å². The molecule has 4 saturated carbocycles. The van der Waals surface area contributed by atoms with Crippen molar-refractivity contribution in [3.63, 3.8) is 0 Å². The highest BCUT2D eigenvalue weighted by Crippen LogP contribution is 2.68. The molecule has 5 heteroatoms. The number of nitrogens with one attached hydrogen (secondary N) is 2. The Kier molecular flexibility index (Phi) is 11.4. The van der Waals surface area contributed by atoms with Crippen LogP contribution in [-0.4, -0.2) is 49.7 Å². The molecule has 7 unspecified atom stereocenters. The maximum Gasteiger partial charge on any atom is 0.137 e. The highest BCUT2D eigenvalue weighted by molar-refractivity contribution is 5.80. The number of unbranched alkanes of at least 4 members (excludes halogenated alkanes) is 1. The third-order valence-corrected chi connectivity index (χ3v) is 12.9. The molecule has 4 aliphatic rings. The van der Waals surface area contributed by atoms with E-state index in [4.69, 9.17) is 5.73 Å². The number of ketones is 1. The summed E-state index contributed by atoms with van der Waals surface area (Å²) in [7, 11) is 0. The fourth-order valence-corrected chi connectivity index (χ4v) is 10.4. The molecule has 0 saturated heterocycles. The SMILES string of the molecule is CC(CO)C(=O)CCC(C)C1CCC2C3CCC4C[C@@H](NCCCNCCCCN)CC[C@]4(C)C3CC[C@]12C. The van der Waals surface area contributed by atoms with Gasteiger partial charge in [0.15, 0.2) is 0 Å². The van der Waals surface area contributed by atoms with Gasteiger partial charge in [0, 0.05) is 18.4 Å². The van der Waals surface area contributed by atoms with E-state index in [1.54, 1.807) is 0 Å². The average molecular weight is 546 g/mol. The quantitative estimate of drug-likeness (QED) is 0.191. The third-order valence-electron chi connectivity index (χ3n) is 12.9. The van der Waals surface area contributed by atoms with E-state index in [1.165, 1.54) is 70.6 Å². The van der Waals surface area contributed by atoms with E-state index in [9.17, 15) is 9.90 Å². The molecule has 0 amide bonds. The highest BCUT2D eigenvalue weighted by atomic mass is 16.3. The summed E-state index contributed by atoms with van der Waals surface area (Å²) in [5.74, 6) is 5.07. The predicted molar refractivity (Wildman–Crippen MR) is 162 cm³/mol. The summed E-state index contributed by atoms with van der Waals surface area (Å²) in [5.41, 5.74) is 6.60. The number of Topliss-reactive ketones (excluding diaryl/α,β-unsaturated/α-hetero) is 1. The number of nitrogens with two attached hydrogens (primary N) is 1. The smallest absolute Gasteiger partial charge is 0.137 e. The summed E-state index contributed by atoms with van der Waals surface area (Å²) < 4.78 is 0. The fourth-order valence-electron chi connectivity index (χ4n) is 10.4. The third kappa shape index (κ3) is 6.95. The zero-order valence-electron chi connectivity index (χ0n) is 26.0. The second-order valence-electron chi connectivity index (χ2n) is 15.0. The Morgan fingerprint density at radius 3 is 2.44 bits per heavy atom. The summed E-state index contributed by atoms with van der Waals surface area (Å²) in [4.78, 5) is 12.4. The molecule has 5 N–H and O–H groups in total. The molecule has 0 spiro atoms. The summed E-state index contributed by atoms with van der Waals surface area (Å²) in [6.07, 6.45) is 17.9. The van der Waals surface area contributed by atoms with Gasteiger partial charge in [-0.15, -0.1) is 0 Å². The van der Waals surface area contributed by atoms with E-state index in [-0.39, 0.29) is 18.3 Å². The van der Waals surface area contributed by atoms with Gasteiger partial charge in [0.1, 0.15) is 5.78 Å². The van der Waals surface area contributed by atoms with Gasteiger partial charge >= 0.3 is 0 Å². The second kappa shape index (κ2) is 14.1. The first-order valence-electron chi connectivity index (χ1n) is 17.0. The Morgan fingerprint density at radius 2 is 1.67 bits per heavy atom. The molecule has 0 heterocycles. The molecule has 0 bridgehead atoms. The first-order chi connectivity index (χ1) is 18.7. The van der Waals surface area contributed by atoms with Gasteiger partial charge in [-0.3, -0.25) is 4.79 Å². The van der Waals surface area contributed by atoms with Crippen molar-refractivity contribution < 1.29 is 9.90 Å². The molecule has 0 aromatic carbocycles. The monoisotopic (exact) mass is 545 g/mol. The van der Waals surface area contributed by atoms with Crippen LogP contribution < -0.4 is 16.4 Å². The van der Waals surface area contributed by atoms with Crippen molar-refractivity contribution in [1.29, 1.82) is 0 Å². The van der Waals surface area contributed by atoms with E-state index in [2.05, 4.69) is 31.4 Å². The van der Waals surface area contributed by atoms with Crippen molar-refractivity contribution >= 4 is 5.78 Å². The summed E-state index contributed by atoms with van der Waals surface area (Å²) in [5, 5.41) is 16.9. The van der Waals surface area contributed by atoms with Crippen molar-refractivity contribution in [2.75, 3.05) is 32.8 Å². The lowest BCUT2D eigenvalue weighted by atomic mass is 9.44. The van der Waals surface area contributed by atoms with Crippen molar-refractivity contribution in [3.8, 4) is 0 Å². The van der Waals surface area contributed by atoms with E-state index >= 15 is 0 Å². The minimum Gasteiger partial charge on any atom is -0.396 e. The molecule has 226 valence electrons. The first-order valence-corrected chi connectivity index (χ1v) is 17.0. The maximum atomic E-state index is 12.4. The number of carbonyl (C=O) groups excluding carboxylic acids is 1. The van der Waals surface area contributed by atoms with Crippen molar-refractivity contribution in [1.82, 2.24) is 10.6 Å². The maximum absolute atomic E-state index is 12.4. The first kappa shape index (κ1) is 31.4. The molecule has 0 aromatic heterocycles. The Morgan fingerprint density at radius 1 is 0.923 bits per heavy atom. The van der Waals surface area contributed by atoms with Crippen molar-refractivity contribution in [2.45, 2.75) is 124 Å². The van der Waals surface area contributed by atoms with Crippen LogP contribution in [0.2, 0.25) is 0 Å². The summed E-state index contributed by atoms with van der Waals surface area (Å²) in [6.45, 7) is 13.8. The lowest BCUT2D eigenvalue weighted by Gasteiger charge is -2.61. The molecule has 4 aliphatic carbocycles. The Labute approximate surface area is 240 Å². The van der Waals surface area contributed by atoms with Gasteiger partial charge in [-0.1, -0.05) is 27.7 Å². The van der Waals surface area contributed by atoms with Gasteiger partial charge in [0.25, 0.3) is 0 Å². The van der Waals surface area contributed by atoms with Crippen molar-refractivity contribution in [2.24, 2.45) is 58.0 Å². The average Bonchev–Trinajstić information content (AvgIpc) is 3.29. The molecule has 5 nitrogen and oxygen atoms in total.